The first-order chi connectivity index (χ1) is 7.93. The molecule has 1 rings (SSSR count). The van der Waals surface area contributed by atoms with E-state index in [2.05, 4.69) is 0 Å². The summed E-state index contributed by atoms with van der Waals surface area (Å²) in [6.45, 7) is 0.713. The second-order valence-corrected chi connectivity index (χ2v) is 4.11. The van der Waals surface area contributed by atoms with Crippen molar-refractivity contribution >= 4 is 0 Å². The minimum atomic E-state index is -4.81. The van der Waals surface area contributed by atoms with Gasteiger partial charge in [0.1, 0.15) is 0 Å². The van der Waals surface area contributed by atoms with Crippen molar-refractivity contribution in [1.29, 1.82) is 0 Å². The Morgan fingerprint density at radius 2 is 1.39 bits per heavy atom. The third-order valence-corrected chi connectivity index (χ3v) is 2.36. The molecule has 0 saturated carbocycles. The maximum absolute atomic E-state index is 12.6. The minimum absolute atomic E-state index is 0.639. The first-order valence-electron chi connectivity index (χ1n) is 4.89. The number of hydrogen-bond acceptors (Lipinski definition) is 1. The second kappa shape index (κ2) is 4.46. The molecule has 0 amide bonds. The molecule has 1 nitrogen and oxygen atoms in total. The molecule has 0 bridgehead atoms. The van der Waals surface area contributed by atoms with Gasteiger partial charge in [-0.25, -0.2) is 0 Å². The maximum atomic E-state index is 12.6. The Balaban J connectivity index is 3.25. The van der Waals surface area contributed by atoms with Gasteiger partial charge in [0.2, 0.25) is 0 Å². The zero-order chi connectivity index (χ0) is 14.2. The van der Waals surface area contributed by atoms with Crippen LogP contribution in [0, 0.1) is 0 Å². The molecule has 1 N–H and O–H groups in total. The van der Waals surface area contributed by atoms with Gasteiger partial charge in [-0.2, -0.15) is 26.3 Å². The van der Waals surface area contributed by atoms with E-state index < -0.39 is 35.5 Å². The van der Waals surface area contributed by atoms with Crippen LogP contribution >= 0.6 is 0 Å². The molecule has 1 atom stereocenters. The average molecular weight is 272 g/mol. The highest BCUT2D eigenvalue weighted by atomic mass is 19.4. The summed E-state index contributed by atoms with van der Waals surface area (Å²) in [6, 6.07) is 3.68. The number of alkyl halides is 6. The summed E-state index contributed by atoms with van der Waals surface area (Å²) >= 11 is 0. The normalized spacial score (nSPS) is 16.4. The molecular weight excluding hydrogens is 262 g/mol. The fraction of sp³-hybridized carbons (Fsp3) is 0.455. The van der Waals surface area contributed by atoms with Gasteiger partial charge >= 0.3 is 12.4 Å². The summed E-state index contributed by atoms with van der Waals surface area (Å²) in [5.74, 6) is 0. The first kappa shape index (κ1) is 14.8. The van der Waals surface area contributed by atoms with Crippen molar-refractivity contribution in [3.8, 4) is 0 Å². The van der Waals surface area contributed by atoms with Gasteiger partial charge in [-0.1, -0.05) is 18.2 Å². The van der Waals surface area contributed by atoms with Crippen molar-refractivity contribution in [3.05, 3.63) is 35.4 Å². The fourth-order valence-corrected chi connectivity index (χ4v) is 1.69. The van der Waals surface area contributed by atoms with Crippen LogP contribution in [0.3, 0.4) is 0 Å². The third kappa shape index (κ3) is 3.63. The Bertz CT molecular complexity index is 418. The summed E-state index contributed by atoms with van der Waals surface area (Å²) in [4.78, 5) is 0. The van der Waals surface area contributed by atoms with Gasteiger partial charge in [-0.15, -0.1) is 0 Å². The van der Waals surface area contributed by atoms with E-state index in [0.717, 1.165) is 18.2 Å². The van der Waals surface area contributed by atoms with E-state index in [1.54, 1.807) is 0 Å². The smallest absolute Gasteiger partial charge is 0.385 e. The Morgan fingerprint density at radius 3 is 1.78 bits per heavy atom. The SMILES string of the molecule is CC(O)(CC(F)(F)F)c1ccccc1C(F)(F)F. The monoisotopic (exact) mass is 272 g/mol. The summed E-state index contributed by atoms with van der Waals surface area (Å²) in [6.07, 6.45) is -11.3. The number of rotatable bonds is 2. The highest BCUT2D eigenvalue weighted by molar-refractivity contribution is 5.34. The molecule has 1 aromatic carbocycles. The van der Waals surface area contributed by atoms with Crippen LogP contribution in [0.1, 0.15) is 24.5 Å². The summed E-state index contributed by atoms with van der Waals surface area (Å²) < 4.78 is 74.5. The lowest BCUT2D eigenvalue weighted by Crippen LogP contribution is -2.31. The lowest BCUT2D eigenvalue weighted by atomic mass is 9.88. The molecule has 1 unspecified atom stereocenters. The van der Waals surface area contributed by atoms with Gasteiger partial charge in [0.25, 0.3) is 0 Å². The third-order valence-electron chi connectivity index (χ3n) is 2.36. The van der Waals surface area contributed by atoms with Crippen LogP contribution in [0.2, 0.25) is 0 Å². The van der Waals surface area contributed by atoms with Gasteiger partial charge in [-0.05, 0) is 18.6 Å². The van der Waals surface area contributed by atoms with Crippen LogP contribution in [0.4, 0.5) is 26.3 Å². The zero-order valence-electron chi connectivity index (χ0n) is 9.23. The highest BCUT2D eigenvalue weighted by Gasteiger charge is 2.44. The Labute approximate surface area is 99.0 Å². The molecule has 0 aliphatic heterocycles. The minimum Gasteiger partial charge on any atom is -0.385 e. The van der Waals surface area contributed by atoms with Gasteiger partial charge in [0, 0.05) is 0 Å². The Morgan fingerprint density at radius 1 is 0.944 bits per heavy atom. The van der Waals surface area contributed by atoms with Gasteiger partial charge < -0.3 is 5.11 Å². The molecule has 0 spiro atoms. The molecule has 7 heteroatoms. The maximum Gasteiger partial charge on any atom is 0.416 e. The van der Waals surface area contributed by atoms with Crippen LogP contribution in [-0.4, -0.2) is 11.3 Å². The van der Waals surface area contributed by atoms with Crippen molar-refractivity contribution in [1.82, 2.24) is 0 Å². The van der Waals surface area contributed by atoms with Crippen LogP contribution in [-0.2, 0) is 11.8 Å². The van der Waals surface area contributed by atoms with Crippen LogP contribution in [0.5, 0.6) is 0 Å². The molecule has 0 aromatic heterocycles. The first-order valence-corrected chi connectivity index (χ1v) is 4.89. The van der Waals surface area contributed by atoms with Crippen LogP contribution in [0.15, 0.2) is 24.3 Å². The molecule has 102 valence electrons. The molecule has 1 aromatic rings. The number of halogens is 6. The van der Waals surface area contributed by atoms with Crippen LogP contribution in [0.25, 0.3) is 0 Å². The van der Waals surface area contributed by atoms with Gasteiger partial charge in [0.15, 0.2) is 0 Å². The Hall–Kier alpha value is -1.24. The van der Waals surface area contributed by atoms with E-state index in [9.17, 15) is 31.4 Å². The highest BCUT2D eigenvalue weighted by Crippen LogP contribution is 2.40. The molecule has 0 aliphatic rings. The lowest BCUT2D eigenvalue weighted by molar-refractivity contribution is -0.178. The topological polar surface area (TPSA) is 20.2 Å². The van der Waals surface area contributed by atoms with E-state index in [1.807, 2.05) is 0 Å². The number of benzene rings is 1. The van der Waals surface area contributed by atoms with Crippen molar-refractivity contribution in [2.24, 2.45) is 0 Å². The van der Waals surface area contributed by atoms with Gasteiger partial charge in [-0.3, -0.25) is 0 Å². The number of aliphatic hydroxyl groups is 1. The molecule has 0 fully saturated rings. The molecule has 0 heterocycles. The molecular formula is C11H10F6O. The molecule has 0 aliphatic carbocycles. The Kier molecular flexibility index (Phi) is 3.67. The predicted molar refractivity (Wildman–Crippen MR) is 51.7 cm³/mol. The summed E-state index contributed by atoms with van der Waals surface area (Å²) in [5.41, 5.74) is -4.67. The molecule has 18 heavy (non-hydrogen) atoms. The van der Waals surface area contributed by atoms with Crippen molar-refractivity contribution in [3.63, 3.8) is 0 Å². The van der Waals surface area contributed by atoms with E-state index in [0.29, 0.717) is 13.0 Å². The molecule has 0 radical (unpaired) electrons. The summed E-state index contributed by atoms with van der Waals surface area (Å²) in [5, 5.41) is 9.65. The second-order valence-electron chi connectivity index (χ2n) is 4.11. The van der Waals surface area contributed by atoms with Crippen molar-refractivity contribution in [2.45, 2.75) is 31.3 Å². The van der Waals surface area contributed by atoms with E-state index in [1.165, 1.54) is 0 Å². The predicted octanol–water partition coefficient (Wildman–Crippen LogP) is 3.87. The fourth-order valence-electron chi connectivity index (χ4n) is 1.69. The average Bonchev–Trinajstić information content (AvgIpc) is 2.12. The quantitative estimate of drug-likeness (QED) is 0.810. The van der Waals surface area contributed by atoms with Crippen molar-refractivity contribution in [2.75, 3.05) is 0 Å². The van der Waals surface area contributed by atoms with Crippen molar-refractivity contribution < 1.29 is 31.4 Å². The molecule has 0 saturated heterocycles. The summed E-state index contributed by atoms with van der Waals surface area (Å²) in [7, 11) is 0. The van der Waals surface area contributed by atoms with E-state index >= 15 is 0 Å². The standard InChI is InChI=1S/C11H10F6O/c1-9(18,6-10(12,13)14)7-4-2-3-5-8(7)11(15,16)17/h2-5,18H,6H2,1H3. The van der Waals surface area contributed by atoms with Gasteiger partial charge in [0.05, 0.1) is 17.6 Å². The van der Waals surface area contributed by atoms with E-state index in [4.69, 9.17) is 0 Å². The number of hydrogen-bond donors (Lipinski definition) is 1. The van der Waals surface area contributed by atoms with Crippen LogP contribution < -0.4 is 0 Å². The zero-order valence-corrected chi connectivity index (χ0v) is 9.23. The van der Waals surface area contributed by atoms with E-state index in [-0.39, 0.29) is 0 Å². The lowest BCUT2D eigenvalue weighted by Gasteiger charge is -2.28. The largest absolute Gasteiger partial charge is 0.416 e.